The van der Waals surface area contributed by atoms with Crippen molar-refractivity contribution in [1.29, 1.82) is 0 Å². The number of hydrogen-bond acceptors (Lipinski definition) is 3. The largest absolute Gasteiger partial charge is 0.496 e. The molecule has 1 aromatic heterocycles. The normalized spacial score (nSPS) is 12.4. The first-order valence-electron chi connectivity index (χ1n) is 5.30. The molecule has 0 aliphatic heterocycles. The fourth-order valence-electron chi connectivity index (χ4n) is 1.88. The smallest absolute Gasteiger partial charge is 0.123 e. The van der Waals surface area contributed by atoms with E-state index in [4.69, 9.17) is 4.74 Å². The minimum atomic E-state index is 0.186. The first-order chi connectivity index (χ1) is 8.26. The van der Waals surface area contributed by atoms with E-state index in [1.54, 1.807) is 18.4 Å². The molecule has 2 aromatic rings. The molecule has 0 fully saturated rings. The van der Waals surface area contributed by atoms with Gasteiger partial charge in [0.1, 0.15) is 5.75 Å². The van der Waals surface area contributed by atoms with E-state index in [0.717, 1.165) is 5.75 Å². The third-order valence-corrected chi connectivity index (χ3v) is 4.47. The molecule has 17 heavy (non-hydrogen) atoms. The second-order valence-electron chi connectivity index (χ2n) is 3.65. The van der Waals surface area contributed by atoms with Crippen LogP contribution in [0.1, 0.15) is 17.2 Å². The molecule has 0 saturated heterocycles. The molecule has 0 amide bonds. The molecule has 90 valence electrons. The molecule has 1 N–H and O–H groups in total. The van der Waals surface area contributed by atoms with Gasteiger partial charge in [0.05, 0.1) is 16.0 Å². The van der Waals surface area contributed by atoms with Gasteiger partial charge in [-0.1, -0.05) is 18.2 Å². The van der Waals surface area contributed by atoms with Crippen molar-refractivity contribution >= 4 is 33.9 Å². The third kappa shape index (κ3) is 2.81. The molecule has 4 heteroatoms. The summed E-state index contributed by atoms with van der Waals surface area (Å²) < 4.78 is 6.72. The SMILES string of the molecule is CNC(c1csc(I)c1)c1ccccc1OC. The van der Waals surface area contributed by atoms with Gasteiger partial charge < -0.3 is 10.1 Å². The van der Waals surface area contributed by atoms with Crippen molar-refractivity contribution in [2.75, 3.05) is 14.2 Å². The predicted octanol–water partition coefficient (Wildman–Crippen LogP) is 3.67. The summed E-state index contributed by atoms with van der Waals surface area (Å²) in [4.78, 5) is 0. The number of nitrogens with one attached hydrogen (secondary N) is 1. The Morgan fingerprint density at radius 3 is 2.71 bits per heavy atom. The lowest BCUT2D eigenvalue weighted by atomic mass is 10.0. The van der Waals surface area contributed by atoms with Crippen LogP contribution in [0.25, 0.3) is 0 Å². The summed E-state index contributed by atoms with van der Waals surface area (Å²) in [6.07, 6.45) is 0. The highest BCUT2D eigenvalue weighted by Gasteiger charge is 2.17. The van der Waals surface area contributed by atoms with Gasteiger partial charge in [0.15, 0.2) is 0 Å². The summed E-state index contributed by atoms with van der Waals surface area (Å²) in [5, 5.41) is 5.54. The molecule has 1 unspecified atom stereocenters. The van der Waals surface area contributed by atoms with Gasteiger partial charge in [-0.2, -0.15) is 0 Å². The van der Waals surface area contributed by atoms with Crippen LogP contribution in [0.2, 0.25) is 0 Å². The Hall–Kier alpha value is -0.590. The number of hydrogen-bond donors (Lipinski definition) is 1. The Bertz CT molecular complexity index is 498. The summed E-state index contributed by atoms with van der Waals surface area (Å²) in [6, 6.07) is 10.5. The first-order valence-corrected chi connectivity index (χ1v) is 7.26. The van der Waals surface area contributed by atoms with E-state index in [0.29, 0.717) is 0 Å². The number of methoxy groups -OCH3 is 1. The van der Waals surface area contributed by atoms with E-state index in [9.17, 15) is 0 Å². The lowest BCUT2D eigenvalue weighted by Gasteiger charge is -2.18. The predicted molar refractivity (Wildman–Crippen MR) is 80.9 cm³/mol. The Morgan fingerprint density at radius 1 is 1.35 bits per heavy atom. The minimum absolute atomic E-state index is 0.186. The number of halogens is 1. The van der Waals surface area contributed by atoms with Gasteiger partial charge in [-0.05, 0) is 52.7 Å². The third-order valence-electron chi connectivity index (χ3n) is 2.66. The number of thiophene rings is 1. The van der Waals surface area contributed by atoms with Crippen LogP contribution in [-0.2, 0) is 0 Å². The van der Waals surface area contributed by atoms with E-state index in [1.807, 2.05) is 25.2 Å². The highest BCUT2D eigenvalue weighted by molar-refractivity contribution is 14.1. The average molecular weight is 359 g/mol. The van der Waals surface area contributed by atoms with E-state index in [-0.39, 0.29) is 6.04 Å². The molecule has 1 aromatic carbocycles. The molecular weight excluding hydrogens is 345 g/mol. The van der Waals surface area contributed by atoms with E-state index >= 15 is 0 Å². The fourth-order valence-corrected chi connectivity index (χ4v) is 3.28. The van der Waals surface area contributed by atoms with Gasteiger partial charge in [0.25, 0.3) is 0 Å². The van der Waals surface area contributed by atoms with E-state index in [2.05, 4.69) is 45.4 Å². The Morgan fingerprint density at radius 2 is 2.12 bits per heavy atom. The van der Waals surface area contributed by atoms with E-state index < -0.39 is 0 Å². The summed E-state index contributed by atoms with van der Waals surface area (Å²) in [7, 11) is 3.69. The minimum Gasteiger partial charge on any atom is -0.496 e. The molecule has 1 atom stereocenters. The van der Waals surface area contributed by atoms with Crippen LogP contribution >= 0.6 is 33.9 Å². The Balaban J connectivity index is 2.41. The molecule has 0 bridgehead atoms. The van der Waals surface area contributed by atoms with Crippen molar-refractivity contribution < 1.29 is 4.74 Å². The van der Waals surface area contributed by atoms with Crippen LogP contribution in [-0.4, -0.2) is 14.2 Å². The van der Waals surface area contributed by atoms with Gasteiger partial charge in [0.2, 0.25) is 0 Å². The quantitative estimate of drug-likeness (QED) is 0.842. The molecule has 0 spiro atoms. The molecule has 0 aliphatic carbocycles. The number of ether oxygens (including phenoxy) is 1. The molecule has 2 nitrogen and oxygen atoms in total. The average Bonchev–Trinajstić information content (AvgIpc) is 2.77. The summed E-state index contributed by atoms with van der Waals surface area (Å²) in [5.41, 5.74) is 2.46. The molecule has 0 saturated carbocycles. The fraction of sp³-hybridized carbons (Fsp3) is 0.231. The van der Waals surface area contributed by atoms with Crippen molar-refractivity contribution in [3.63, 3.8) is 0 Å². The van der Waals surface area contributed by atoms with E-state index in [1.165, 1.54) is 14.0 Å². The Kier molecular flexibility index (Phi) is 4.42. The maximum atomic E-state index is 5.42. The Labute approximate surface area is 119 Å². The zero-order valence-corrected chi connectivity index (χ0v) is 12.7. The van der Waals surface area contributed by atoms with Gasteiger partial charge in [-0.15, -0.1) is 11.3 Å². The number of rotatable bonds is 4. The molecule has 1 heterocycles. The molecular formula is C13H14INOS. The molecule has 0 radical (unpaired) electrons. The van der Waals surface area contributed by atoms with Gasteiger partial charge in [-0.3, -0.25) is 0 Å². The molecule has 2 rings (SSSR count). The van der Waals surface area contributed by atoms with Crippen molar-refractivity contribution in [1.82, 2.24) is 5.32 Å². The van der Waals surface area contributed by atoms with Crippen molar-refractivity contribution in [2.45, 2.75) is 6.04 Å². The van der Waals surface area contributed by atoms with Crippen molar-refractivity contribution in [2.24, 2.45) is 0 Å². The van der Waals surface area contributed by atoms with Crippen LogP contribution < -0.4 is 10.1 Å². The summed E-state index contributed by atoms with van der Waals surface area (Å²) in [6.45, 7) is 0. The van der Waals surface area contributed by atoms with Crippen molar-refractivity contribution in [3.8, 4) is 5.75 Å². The second-order valence-corrected chi connectivity index (χ2v) is 6.45. The zero-order chi connectivity index (χ0) is 12.3. The van der Waals surface area contributed by atoms with Crippen LogP contribution in [0.3, 0.4) is 0 Å². The number of benzene rings is 1. The topological polar surface area (TPSA) is 21.3 Å². The lowest BCUT2D eigenvalue weighted by Crippen LogP contribution is -2.17. The molecule has 0 aliphatic rings. The first kappa shape index (κ1) is 12.9. The summed E-state index contributed by atoms with van der Waals surface area (Å²) >= 11 is 4.11. The van der Waals surface area contributed by atoms with Crippen molar-refractivity contribution in [3.05, 3.63) is 49.7 Å². The zero-order valence-electron chi connectivity index (χ0n) is 9.74. The van der Waals surface area contributed by atoms with Crippen LogP contribution in [0.15, 0.2) is 35.7 Å². The maximum absolute atomic E-state index is 5.42. The summed E-state index contributed by atoms with van der Waals surface area (Å²) in [5.74, 6) is 0.924. The van der Waals surface area contributed by atoms with Crippen LogP contribution in [0.4, 0.5) is 0 Å². The highest BCUT2D eigenvalue weighted by Crippen LogP contribution is 2.32. The standard InChI is InChI=1S/C13H14INOS/c1-15-13(9-7-12(14)17-8-9)10-5-3-4-6-11(10)16-2/h3-8,13,15H,1-2H3. The van der Waals surface area contributed by atoms with Gasteiger partial charge in [-0.25, -0.2) is 0 Å². The van der Waals surface area contributed by atoms with Gasteiger partial charge >= 0.3 is 0 Å². The lowest BCUT2D eigenvalue weighted by molar-refractivity contribution is 0.405. The maximum Gasteiger partial charge on any atom is 0.123 e. The van der Waals surface area contributed by atoms with Gasteiger partial charge in [0, 0.05) is 5.56 Å². The highest BCUT2D eigenvalue weighted by atomic mass is 127. The van der Waals surface area contributed by atoms with Crippen LogP contribution in [0, 0.1) is 2.88 Å². The van der Waals surface area contributed by atoms with Crippen LogP contribution in [0.5, 0.6) is 5.75 Å². The second kappa shape index (κ2) is 5.84. The monoisotopic (exact) mass is 359 g/mol. The number of para-hydroxylation sites is 1.